The quantitative estimate of drug-likeness (QED) is 0.0213. The van der Waals surface area contributed by atoms with Crippen molar-refractivity contribution in [1.82, 2.24) is 36.8 Å². The van der Waals surface area contributed by atoms with Gasteiger partial charge in [0, 0.05) is 232 Å². The maximum absolute atomic E-state index is 13.5. The number of rotatable bonds is 100. The van der Waals surface area contributed by atoms with Crippen molar-refractivity contribution < 1.29 is 135 Å². The highest BCUT2D eigenvalue weighted by atomic mass is 16.5. The van der Waals surface area contributed by atoms with Crippen molar-refractivity contribution in [2.75, 3.05) is 183 Å². The Kier molecular flexibility index (Phi) is 80.8. The van der Waals surface area contributed by atoms with Gasteiger partial charge in [0.2, 0.25) is 29.5 Å². The Hall–Kier alpha value is -8.17. The van der Waals surface area contributed by atoms with Crippen LogP contribution in [0, 0.1) is 0 Å². The lowest BCUT2D eigenvalue weighted by atomic mass is 10.0. The summed E-state index contributed by atoms with van der Waals surface area (Å²) in [5, 5.41) is 55.2. The van der Waals surface area contributed by atoms with Crippen molar-refractivity contribution in [3.63, 3.8) is 0 Å². The van der Waals surface area contributed by atoms with E-state index in [0.717, 1.165) is 153 Å². The van der Waals surface area contributed by atoms with Gasteiger partial charge < -0.3 is 110 Å². The molecule has 0 bridgehead atoms. The number of amides is 9. The molecule has 0 fully saturated rings. The summed E-state index contributed by atoms with van der Waals surface area (Å²) in [5.41, 5.74) is 0.373. The SMILES string of the molecule is O=C(O)CCCCCCCCCCCCCCCCC(=O)NC(CNC(=O)CCCOCCCOCCCOCCCOCCCOCCCOCCCOCCCOCCCOCCCOCCNC(=O)c1cc(NC(=O)CCCCCN2C(=O)C=CC2=O)cc(C(=O)NCCOCCC(=O)NCC(NC(=O)CCCCCCCCCCCCCCCCC(=O)O)C(=O)O)c1)C(=O)O. The molecular formula is C98H168N8O28. The lowest BCUT2D eigenvalue weighted by molar-refractivity contribution is -0.142. The van der Waals surface area contributed by atoms with Crippen LogP contribution >= 0.6 is 0 Å². The predicted octanol–water partition coefficient (Wildman–Crippen LogP) is 12.5. The monoisotopic (exact) mass is 1910 g/mol. The second-order valence-corrected chi connectivity index (χ2v) is 33.8. The number of nitrogens with zero attached hydrogens (tertiary/aromatic N) is 1. The summed E-state index contributed by atoms with van der Waals surface area (Å²) in [5.74, 6) is -7.66. The van der Waals surface area contributed by atoms with Gasteiger partial charge in [0.1, 0.15) is 12.1 Å². The van der Waals surface area contributed by atoms with Crippen LogP contribution in [0.3, 0.4) is 0 Å². The van der Waals surface area contributed by atoms with E-state index in [1.54, 1.807) is 0 Å². The highest BCUT2D eigenvalue weighted by molar-refractivity contribution is 6.13. The maximum atomic E-state index is 13.5. The van der Waals surface area contributed by atoms with Gasteiger partial charge in [0.25, 0.3) is 23.6 Å². The Bertz CT molecular complexity index is 3280. The van der Waals surface area contributed by atoms with E-state index in [1.807, 2.05) is 0 Å². The van der Waals surface area contributed by atoms with E-state index < -0.39 is 59.6 Å². The van der Waals surface area contributed by atoms with Crippen LogP contribution in [0.2, 0.25) is 0 Å². The molecule has 11 N–H and O–H groups in total. The van der Waals surface area contributed by atoms with Crippen molar-refractivity contribution in [1.29, 1.82) is 0 Å². The molecular weight excluding hydrogens is 1740 g/mol. The number of anilines is 1. The third-order valence-electron chi connectivity index (χ3n) is 21.7. The molecule has 2 unspecified atom stereocenters. The van der Waals surface area contributed by atoms with E-state index in [-0.39, 0.29) is 144 Å². The second-order valence-electron chi connectivity index (χ2n) is 33.8. The molecule has 2 rings (SSSR count). The fourth-order valence-corrected chi connectivity index (χ4v) is 14.1. The topological polar surface area (TPSA) is 492 Å². The molecule has 0 saturated carbocycles. The van der Waals surface area contributed by atoms with Gasteiger partial charge in [-0.2, -0.15) is 0 Å². The predicted molar refractivity (Wildman–Crippen MR) is 507 cm³/mol. The molecule has 1 heterocycles. The minimum atomic E-state index is -1.31. The van der Waals surface area contributed by atoms with Crippen LogP contribution in [-0.4, -0.2) is 293 Å². The Morgan fingerprint density at radius 3 is 0.799 bits per heavy atom. The maximum Gasteiger partial charge on any atom is 0.328 e. The normalized spacial score (nSPS) is 12.3. The number of aliphatic carboxylic acids is 4. The highest BCUT2D eigenvalue weighted by Gasteiger charge is 2.25. The molecule has 9 amide bonds. The lowest BCUT2D eigenvalue weighted by Gasteiger charge is -2.15. The highest BCUT2D eigenvalue weighted by Crippen LogP contribution is 2.20. The number of nitrogens with one attached hydrogen (secondary N) is 7. The van der Waals surface area contributed by atoms with Gasteiger partial charge in [-0.3, -0.25) is 57.6 Å². The Morgan fingerprint density at radius 2 is 0.500 bits per heavy atom. The second kappa shape index (κ2) is 88.8. The number of carbonyl (C=O) groups excluding carboxylic acids is 9. The van der Waals surface area contributed by atoms with Crippen molar-refractivity contribution in [2.24, 2.45) is 0 Å². The fraction of sp³-hybridized carbons (Fsp3) is 0.786. The van der Waals surface area contributed by atoms with Crippen LogP contribution in [0.4, 0.5) is 5.69 Å². The van der Waals surface area contributed by atoms with Crippen molar-refractivity contribution in [3.05, 3.63) is 41.5 Å². The fourth-order valence-electron chi connectivity index (χ4n) is 14.1. The average molecular weight is 1910 g/mol. The molecule has 0 aliphatic carbocycles. The minimum absolute atomic E-state index is 0.00107. The van der Waals surface area contributed by atoms with Crippen molar-refractivity contribution >= 4 is 82.7 Å². The molecule has 0 aromatic heterocycles. The molecule has 0 spiro atoms. The van der Waals surface area contributed by atoms with Gasteiger partial charge in [-0.15, -0.1) is 0 Å². The van der Waals surface area contributed by atoms with Gasteiger partial charge in [0.05, 0.1) is 19.8 Å². The molecule has 36 nitrogen and oxygen atoms in total. The zero-order chi connectivity index (χ0) is 97.3. The number of carboxylic acids is 4. The number of hydrogen-bond donors (Lipinski definition) is 11. The molecule has 36 heteroatoms. The summed E-state index contributed by atoms with van der Waals surface area (Å²) in [6.45, 7) is 10.8. The summed E-state index contributed by atoms with van der Waals surface area (Å²) < 4.78 is 62.6. The van der Waals surface area contributed by atoms with Gasteiger partial charge in [-0.25, -0.2) is 9.59 Å². The van der Waals surface area contributed by atoms with E-state index >= 15 is 0 Å². The van der Waals surface area contributed by atoms with Crippen LogP contribution < -0.4 is 37.2 Å². The zero-order valence-electron chi connectivity index (χ0n) is 80.6. The van der Waals surface area contributed by atoms with Crippen LogP contribution in [-0.2, 0) is 105 Å². The summed E-state index contributed by atoms with van der Waals surface area (Å²) in [4.78, 5) is 160. The van der Waals surface area contributed by atoms with Crippen LogP contribution in [0.15, 0.2) is 30.4 Å². The molecule has 768 valence electrons. The number of ether oxygens (including phenoxy) is 11. The van der Waals surface area contributed by atoms with E-state index in [0.29, 0.717) is 170 Å². The number of unbranched alkanes of at least 4 members (excludes halogenated alkanes) is 28. The number of benzene rings is 1. The first-order valence-corrected chi connectivity index (χ1v) is 50.2. The third kappa shape index (κ3) is 76.9. The smallest absolute Gasteiger partial charge is 0.328 e. The third-order valence-corrected chi connectivity index (χ3v) is 21.7. The summed E-state index contributed by atoms with van der Waals surface area (Å²) in [6.07, 6.45) is 42.0. The number of carbonyl (C=O) groups is 13. The molecule has 1 aromatic rings. The molecule has 0 radical (unpaired) electrons. The molecule has 1 aliphatic heterocycles. The average Bonchev–Trinajstić information content (AvgIpc) is 1.03. The first-order valence-electron chi connectivity index (χ1n) is 50.2. The molecule has 0 saturated heterocycles. The van der Waals surface area contributed by atoms with Crippen molar-refractivity contribution in [2.45, 2.75) is 320 Å². The van der Waals surface area contributed by atoms with Crippen LogP contribution in [0.25, 0.3) is 0 Å². The van der Waals surface area contributed by atoms with Gasteiger partial charge in [0.15, 0.2) is 0 Å². The van der Waals surface area contributed by atoms with Crippen molar-refractivity contribution in [3.8, 4) is 0 Å². The molecule has 1 aromatic carbocycles. The van der Waals surface area contributed by atoms with Crippen LogP contribution in [0.1, 0.15) is 329 Å². The van der Waals surface area contributed by atoms with E-state index in [2.05, 4.69) is 37.2 Å². The Morgan fingerprint density at radius 1 is 0.254 bits per heavy atom. The zero-order valence-corrected chi connectivity index (χ0v) is 80.6. The van der Waals surface area contributed by atoms with Crippen LogP contribution in [0.5, 0.6) is 0 Å². The van der Waals surface area contributed by atoms with E-state index in [9.17, 15) is 72.5 Å². The Labute approximate surface area is 795 Å². The largest absolute Gasteiger partial charge is 0.481 e. The van der Waals surface area contributed by atoms with Gasteiger partial charge >= 0.3 is 23.9 Å². The number of hydrogen-bond acceptors (Lipinski definition) is 24. The molecule has 2 atom stereocenters. The number of imide groups is 1. The standard InChI is InChI=1S/C98H168N8O28/c107-86(101-79-84(97(120)121)104-89(110)43-26-21-17-13-9-5-1-3-7-11-15-19-23-29-46-93(114)115)45-32-54-124-55-33-56-125-57-34-58-126-59-35-60-127-61-36-62-128-63-37-64-129-65-38-66-130-67-39-68-131-69-40-70-132-71-41-72-133-74-51-99-95(118)81-76-82(78-83(77-81)103-88(109)42-28-25-31-53-106-91(112)48-49-92(106)113)96(119)100-52-75-134-73-50-87(108)102-80-85(98(122)123)105-90(111)44-27-22-18-14-10-6-2-4-8-12-16-20-24-30-47-94(116)117/h48-49,76-78,84-85H,1-47,50-75,79-80H2,(H,99,118)(H,100,119)(H,101,107)(H,102,108)(H,103,109)(H,104,110)(H,105,111)(H,114,115)(H,116,117)(H,120,121)(H,122,123). The summed E-state index contributed by atoms with van der Waals surface area (Å²) in [6, 6.07) is 1.78. The van der Waals surface area contributed by atoms with E-state index in [1.165, 1.54) is 101 Å². The lowest BCUT2D eigenvalue weighted by Crippen LogP contribution is -2.48. The molecule has 134 heavy (non-hydrogen) atoms. The number of carboxylic acid groups (broad SMARTS) is 4. The minimum Gasteiger partial charge on any atom is -0.481 e. The molecule has 1 aliphatic rings. The first kappa shape index (κ1) is 122. The van der Waals surface area contributed by atoms with E-state index in [4.69, 9.17) is 62.3 Å². The van der Waals surface area contributed by atoms with Gasteiger partial charge in [-0.05, 0) is 121 Å². The Balaban J connectivity index is 1.41. The summed E-state index contributed by atoms with van der Waals surface area (Å²) >= 11 is 0. The summed E-state index contributed by atoms with van der Waals surface area (Å²) in [7, 11) is 0. The van der Waals surface area contributed by atoms with Gasteiger partial charge in [-0.1, -0.05) is 161 Å². The first-order chi connectivity index (χ1) is 65.2.